The summed E-state index contributed by atoms with van der Waals surface area (Å²) in [5, 5.41) is 0. The van der Waals surface area contributed by atoms with Crippen molar-refractivity contribution in [2.24, 2.45) is 0 Å². The third-order valence-electron chi connectivity index (χ3n) is 0. The zero-order valence-corrected chi connectivity index (χ0v) is 18.5. The van der Waals surface area contributed by atoms with Crippen LogP contribution in [-0.4, -0.2) is 135 Å². The Hall–Kier alpha value is 3.79. The summed E-state index contributed by atoms with van der Waals surface area (Å²) in [5.41, 5.74) is 0. The van der Waals surface area contributed by atoms with Crippen LogP contribution in [0.1, 0.15) is 0 Å². The smallest absolute Gasteiger partial charge is 0.870 e. The van der Waals surface area contributed by atoms with E-state index in [9.17, 15) is 0 Å². The van der Waals surface area contributed by atoms with Crippen LogP contribution < -0.4 is 0 Å². The molecule has 0 amide bonds. The maximum atomic E-state index is 0. The van der Waals surface area contributed by atoms with Crippen molar-refractivity contribution in [2.45, 2.75) is 0 Å². The first kappa shape index (κ1) is 753. The molecule has 0 saturated heterocycles. The van der Waals surface area contributed by atoms with E-state index < -0.39 is 0 Å². The van der Waals surface area contributed by atoms with Gasteiger partial charge in [0.25, 0.3) is 0 Å². The molecule has 0 heterocycles. The van der Waals surface area contributed by atoms with Crippen molar-refractivity contribution in [3.05, 3.63) is 0 Å². The molecule has 0 fully saturated rings. The Morgan fingerprint density at radius 3 is 0.158 bits per heavy atom. The molecule has 0 aliphatic rings. The van der Waals surface area contributed by atoms with Gasteiger partial charge in [0.1, 0.15) is 0 Å². The summed E-state index contributed by atoms with van der Waals surface area (Å²) in [6, 6.07) is 0. The van der Waals surface area contributed by atoms with Gasteiger partial charge >= 0.3 is 69.4 Å². The Kier molecular flexibility index (Phi) is 25900. The molecule has 0 atom stereocenters. The molecule has 0 saturated carbocycles. The molecule has 0 aromatic carbocycles. The first-order valence-electron chi connectivity index (χ1n) is 0. The van der Waals surface area contributed by atoms with Gasteiger partial charge in [-0.15, -0.1) is 0 Å². The van der Waals surface area contributed by atoms with E-state index in [0.717, 1.165) is 0 Å². The van der Waals surface area contributed by atoms with Gasteiger partial charge < -0.3 is 65.7 Å². The monoisotopic (exact) mass is 456 g/mol. The van der Waals surface area contributed by atoms with Crippen LogP contribution in [0, 0.1) is 0 Å². The van der Waals surface area contributed by atoms with Crippen LogP contribution in [0.15, 0.2) is 0 Å². The molecule has 0 aliphatic carbocycles. The molecule has 0 aromatic rings. The Labute approximate surface area is 198 Å². The molecule has 19 heavy (non-hydrogen) atoms. The van der Waals surface area contributed by atoms with E-state index in [1.165, 1.54) is 0 Å². The molecule has 0 spiro atoms. The number of hydrogen-bond acceptors (Lipinski definition) is 12. The van der Waals surface area contributed by atoms with Crippen molar-refractivity contribution >= 4 is 69.4 Å². The Balaban J connectivity index is 0. The predicted molar refractivity (Wildman–Crippen MR) is 46.2 cm³/mol. The van der Waals surface area contributed by atoms with E-state index in [1.807, 2.05) is 0 Å². The SMILES string of the molecule is [Al+3].[Al+3].[Al+3].[Al+3].[OH-].[OH-].[OH-].[OH-].[OH-].[OH-].[OH-].[OH-].[OH-].[OH-].[OH-].[OH-].[Ti].[Ti].[Ti]. The first-order valence-corrected chi connectivity index (χ1v) is 0. The van der Waals surface area contributed by atoms with Gasteiger partial charge in [-0.2, -0.15) is 0 Å². The van der Waals surface area contributed by atoms with Crippen LogP contribution in [-0.2, 0) is 65.2 Å². The zero-order chi connectivity index (χ0) is 0. The largest absolute Gasteiger partial charge is 3.00 e. The molecule has 0 rings (SSSR count). The van der Waals surface area contributed by atoms with Crippen molar-refractivity contribution in [3.63, 3.8) is 0 Å². The fourth-order valence-electron chi connectivity index (χ4n) is 0. The van der Waals surface area contributed by atoms with Gasteiger partial charge in [-0.3, -0.25) is 0 Å². The minimum atomic E-state index is 0. The van der Waals surface area contributed by atoms with Crippen LogP contribution in [0.5, 0.6) is 0 Å². The van der Waals surface area contributed by atoms with Crippen molar-refractivity contribution < 1.29 is 131 Å². The summed E-state index contributed by atoms with van der Waals surface area (Å²) < 4.78 is 0. The maximum Gasteiger partial charge on any atom is 3.00 e. The Bertz CT molecular complexity index is 24.9. The summed E-state index contributed by atoms with van der Waals surface area (Å²) in [5.74, 6) is 0. The second kappa shape index (κ2) is 655. The van der Waals surface area contributed by atoms with E-state index in [4.69, 9.17) is 0 Å². The van der Waals surface area contributed by atoms with Crippen LogP contribution in [0.2, 0.25) is 0 Å². The fraction of sp³-hybridized carbons (Fsp3) is 0. The molecule has 108 valence electrons. The van der Waals surface area contributed by atoms with E-state index >= 15 is 0 Å². The normalized spacial score (nSPS) is 0. The first-order chi connectivity index (χ1) is 0. The van der Waals surface area contributed by atoms with Crippen LogP contribution >= 0.6 is 0 Å². The Morgan fingerprint density at radius 2 is 0.158 bits per heavy atom. The molecule has 0 radical (unpaired) electrons. The van der Waals surface area contributed by atoms with Crippen LogP contribution in [0.3, 0.4) is 0 Å². The van der Waals surface area contributed by atoms with E-state index in [-0.39, 0.29) is 200 Å². The molecule has 12 nitrogen and oxygen atoms in total. The molecule has 0 aromatic heterocycles. The molecule has 0 aliphatic heterocycles. The summed E-state index contributed by atoms with van der Waals surface area (Å²) >= 11 is 0. The molecular weight excluding hydrogens is 444 g/mol. The van der Waals surface area contributed by atoms with Gasteiger partial charge in [0.05, 0.1) is 0 Å². The number of rotatable bonds is 0. The van der Waals surface area contributed by atoms with Crippen molar-refractivity contribution in [3.8, 4) is 0 Å². The van der Waals surface area contributed by atoms with Crippen molar-refractivity contribution in [2.75, 3.05) is 0 Å². The summed E-state index contributed by atoms with van der Waals surface area (Å²) in [6.07, 6.45) is 0. The minimum Gasteiger partial charge on any atom is -0.870 e. The van der Waals surface area contributed by atoms with Gasteiger partial charge in [0.2, 0.25) is 0 Å². The third kappa shape index (κ3) is 593. The summed E-state index contributed by atoms with van der Waals surface area (Å²) in [4.78, 5) is 0. The molecule has 12 N–H and O–H groups in total. The molecule has 0 unspecified atom stereocenters. The zero-order valence-electron chi connectivity index (χ0n) is 9.18. The van der Waals surface area contributed by atoms with Gasteiger partial charge in [0, 0.05) is 65.2 Å². The average Bonchev–Trinajstić information content (AvgIpc) is 0. The van der Waals surface area contributed by atoms with Gasteiger partial charge in [0.15, 0.2) is 0 Å². The minimum absolute atomic E-state index is 0. The van der Waals surface area contributed by atoms with Gasteiger partial charge in [-0.25, -0.2) is 0 Å². The average molecular weight is 456 g/mol. The molecule has 19 heteroatoms. The molecular formula is H12Al4O12Ti3. The summed E-state index contributed by atoms with van der Waals surface area (Å²) in [6.45, 7) is 0. The van der Waals surface area contributed by atoms with E-state index in [2.05, 4.69) is 0 Å². The number of hydrogen-bond donors (Lipinski definition) is 0. The van der Waals surface area contributed by atoms with Gasteiger partial charge in [-0.1, -0.05) is 0 Å². The van der Waals surface area contributed by atoms with Crippen molar-refractivity contribution in [1.29, 1.82) is 0 Å². The van der Waals surface area contributed by atoms with Gasteiger partial charge in [-0.05, 0) is 0 Å². The topological polar surface area (TPSA) is 360 Å². The third-order valence-corrected chi connectivity index (χ3v) is 0. The maximum absolute atomic E-state index is 0. The van der Waals surface area contributed by atoms with E-state index in [1.54, 1.807) is 0 Å². The Morgan fingerprint density at radius 1 is 0.158 bits per heavy atom. The quantitative estimate of drug-likeness (QED) is 0.319. The second-order valence-electron chi connectivity index (χ2n) is 0. The fourth-order valence-corrected chi connectivity index (χ4v) is 0. The second-order valence-corrected chi connectivity index (χ2v) is 0. The predicted octanol–water partition coefficient (Wildman–Crippen LogP) is -3.65. The standard InChI is InChI=1S/4Al.12H2O.3Ti/h;;;;12*1H2;;;/q4*+3;;;;;;;;;;;;;;;/p-12. The van der Waals surface area contributed by atoms with Crippen LogP contribution in [0.4, 0.5) is 0 Å². The van der Waals surface area contributed by atoms with E-state index in [0.29, 0.717) is 0 Å². The van der Waals surface area contributed by atoms with Crippen molar-refractivity contribution in [1.82, 2.24) is 0 Å². The summed E-state index contributed by atoms with van der Waals surface area (Å²) in [7, 11) is 0. The molecule has 0 bridgehead atoms. The van der Waals surface area contributed by atoms with Crippen LogP contribution in [0.25, 0.3) is 0 Å².